The van der Waals surface area contributed by atoms with E-state index in [9.17, 15) is 18.0 Å². The highest BCUT2D eigenvalue weighted by Gasteiger charge is 2.34. The van der Waals surface area contributed by atoms with E-state index in [1.807, 2.05) is 60.7 Å². The number of carbonyl (C=O) groups is 2. The van der Waals surface area contributed by atoms with E-state index in [1.54, 1.807) is 12.1 Å². The summed E-state index contributed by atoms with van der Waals surface area (Å²) in [4.78, 5) is 29.8. The van der Waals surface area contributed by atoms with Gasteiger partial charge in [0.15, 0.2) is 0 Å². The van der Waals surface area contributed by atoms with Gasteiger partial charge in [0, 0.05) is 25.1 Å². The van der Waals surface area contributed by atoms with E-state index >= 15 is 0 Å². The Morgan fingerprint density at radius 3 is 2.09 bits per heavy atom. The average Bonchev–Trinajstić information content (AvgIpc) is 3.02. The Morgan fingerprint density at radius 2 is 1.51 bits per heavy atom. The summed E-state index contributed by atoms with van der Waals surface area (Å²) in [6.07, 6.45) is 6.35. The highest BCUT2D eigenvalue weighted by molar-refractivity contribution is 7.92. The molecule has 1 fully saturated rings. The van der Waals surface area contributed by atoms with Gasteiger partial charge in [-0.2, -0.15) is 0 Å². The van der Waals surface area contributed by atoms with Crippen LogP contribution in [0.5, 0.6) is 11.5 Å². The fourth-order valence-electron chi connectivity index (χ4n) is 5.46. The van der Waals surface area contributed by atoms with Crippen LogP contribution in [0.25, 0.3) is 0 Å². The van der Waals surface area contributed by atoms with E-state index in [0.29, 0.717) is 5.75 Å². The maximum Gasteiger partial charge on any atom is 0.244 e. The zero-order chi connectivity index (χ0) is 30.8. The number of hydrogen-bond acceptors (Lipinski definition) is 6. The molecule has 9 nitrogen and oxygen atoms in total. The van der Waals surface area contributed by atoms with Crippen LogP contribution in [-0.2, 0) is 32.6 Å². The first-order valence-corrected chi connectivity index (χ1v) is 16.4. The fourth-order valence-corrected chi connectivity index (χ4v) is 6.31. The lowest BCUT2D eigenvalue weighted by molar-refractivity contribution is -0.140. The molecule has 0 saturated heterocycles. The minimum atomic E-state index is -3.95. The minimum Gasteiger partial charge on any atom is -0.497 e. The minimum absolute atomic E-state index is 0.0433. The first-order chi connectivity index (χ1) is 20.7. The van der Waals surface area contributed by atoms with E-state index < -0.39 is 28.5 Å². The summed E-state index contributed by atoms with van der Waals surface area (Å²) in [7, 11) is -1.05. The van der Waals surface area contributed by atoms with E-state index in [0.717, 1.165) is 53.8 Å². The lowest BCUT2D eigenvalue weighted by atomic mass is 9.94. The van der Waals surface area contributed by atoms with Crippen LogP contribution < -0.4 is 19.1 Å². The standard InChI is InChI=1S/C33H41N3O6S/c1-41-28-19-20-31(42-2)29(22-28)36(43(3,39)40)24-32(37)35(23-26-15-9-5-10-16-26)30(21-25-13-7-4-8-14-25)33(38)34-27-17-11-6-12-18-27/h4-5,7-10,13-16,19-20,22,27,30H,6,11-12,17-18,21,23-24H2,1-3H3,(H,34,38)/t30-/m1/s1. The molecule has 0 bridgehead atoms. The highest BCUT2D eigenvalue weighted by atomic mass is 32.2. The van der Waals surface area contributed by atoms with Crippen LogP contribution in [0.4, 0.5) is 5.69 Å². The maximum absolute atomic E-state index is 14.3. The van der Waals surface area contributed by atoms with Crippen LogP contribution in [0.2, 0.25) is 0 Å². The van der Waals surface area contributed by atoms with Gasteiger partial charge in [0.2, 0.25) is 21.8 Å². The number of nitrogens with one attached hydrogen (secondary N) is 1. The zero-order valence-electron chi connectivity index (χ0n) is 25.1. The Bertz CT molecular complexity index is 1460. The molecule has 3 aromatic rings. The Hall–Kier alpha value is -4.05. The molecule has 1 aliphatic carbocycles. The monoisotopic (exact) mass is 607 g/mol. The Kier molecular flexibility index (Phi) is 11.1. The van der Waals surface area contributed by atoms with Crippen LogP contribution >= 0.6 is 0 Å². The number of hydrogen-bond donors (Lipinski definition) is 1. The van der Waals surface area contributed by atoms with Gasteiger partial charge in [-0.15, -0.1) is 0 Å². The second-order valence-electron chi connectivity index (χ2n) is 10.9. The van der Waals surface area contributed by atoms with Gasteiger partial charge in [-0.1, -0.05) is 79.9 Å². The second kappa shape index (κ2) is 14.9. The molecule has 3 aromatic carbocycles. The lowest BCUT2D eigenvalue weighted by Gasteiger charge is -2.35. The normalized spacial score (nSPS) is 14.4. The van der Waals surface area contributed by atoms with Crippen LogP contribution in [0.1, 0.15) is 43.2 Å². The quantitative estimate of drug-likeness (QED) is 0.306. The number of amides is 2. The zero-order valence-corrected chi connectivity index (χ0v) is 25.9. The van der Waals surface area contributed by atoms with Crippen LogP contribution in [0, 0.1) is 0 Å². The van der Waals surface area contributed by atoms with Crippen molar-refractivity contribution in [3.05, 3.63) is 90.0 Å². The molecule has 1 aliphatic rings. The van der Waals surface area contributed by atoms with Crippen molar-refractivity contribution < 1.29 is 27.5 Å². The number of methoxy groups -OCH3 is 2. The first kappa shape index (κ1) is 31.9. The van der Waals surface area contributed by atoms with Gasteiger partial charge in [0.1, 0.15) is 24.1 Å². The molecule has 0 unspecified atom stereocenters. The van der Waals surface area contributed by atoms with Gasteiger partial charge >= 0.3 is 0 Å². The highest BCUT2D eigenvalue weighted by Crippen LogP contribution is 2.34. The Balaban J connectivity index is 1.74. The molecular formula is C33H41N3O6S. The molecule has 10 heteroatoms. The number of sulfonamides is 1. The Labute approximate surface area is 254 Å². The van der Waals surface area contributed by atoms with Gasteiger partial charge in [0.25, 0.3) is 0 Å². The third-order valence-corrected chi connectivity index (χ3v) is 8.88. The van der Waals surface area contributed by atoms with Crippen LogP contribution in [0.3, 0.4) is 0 Å². The van der Waals surface area contributed by atoms with Crippen molar-refractivity contribution >= 4 is 27.5 Å². The van der Waals surface area contributed by atoms with Gasteiger partial charge in [-0.05, 0) is 36.1 Å². The second-order valence-corrected chi connectivity index (χ2v) is 12.8. The third-order valence-electron chi connectivity index (χ3n) is 7.75. The molecule has 1 saturated carbocycles. The van der Waals surface area contributed by atoms with Crippen molar-refractivity contribution in [2.75, 3.05) is 31.3 Å². The van der Waals surface area contributed by atoms with E-state index in [1.165, 1.54) is 25.2 Å². The lowest BCUT2D eigenvalue weighted by Crippen LogP contribution is -2.55. The summed E-state index contributed by atoms with van der Waals surface area (Å²) in [5.41, 5.74) is 1.89. The summed E-state index contributed by atoms with van der Waals surface area (Å²) >= 11 is 0. The van der Waals surface area contributed by atoms with Gasteiger partial charge in [-0.25, -0.2) is 8.42 Å². The molecule has 0 aliphatic heterocycles. The first-order valence-electron chi connectivity index (χ1n) is 14.6. The summed E-state index contributed by atoms with van der Waals surface area (Å²) in [6.45, 7) is -0.403. The number of benzene rings is 3. The number of nitrogens with zero attached hydrogens (tertiary/aromatic N) is 2. The summed E-state index contributed by atoms with van der Waals surface area (Å²) in [5.74, 6) is -0.0832. The molecule has 230 valence electrons. The van der Waals surface area contributed by atoms with E-state index in [2.05, 4.69) is 5.32 Å². The SMILES string of the molecule is COc1ccc(OC)c(N(CC(=O)N(Cc2ccccc2)[C@H](Cc2ccccc2)C(=O)NC2CCCCC2)S(C)(=O)=O)c1. The number of carbonyl (C=O) groups excluding carboxylic acids is 2. The van der Waals surface area contributed by atoms with Crippen LogP contribution in [0.15, 0.2) is 78.9 Å². The predicted octanol–water partition coefficient (Wildman–Crippen LogP) is 4.56. The number of anilines is 1. The molecule has 0 spiro atoms. The Morgan fingerprint density at radius 1 is 0.884 bits per heavy atom. The molecule has 0 radical (unpaired) electrons. The maximum atomic E-state index is 14.3. The topological polar surface area (TPSA) is 105 Å². The summed E-state index contributed by atoms with van der Waals surface area (Å²) in [6, 6.07) is 22.9. The molecule has 1 N–H and O–H groups in total. The molecule has 43 heavy (non-hydrogen) atoms. The van der Waals surface area contributed by atoms with Gasteiger partial charge < -0.3 is 19.7 Å². The molecule has 4 rings (SSSR count). The third kappa shape index (κ3) is 8.73. The molecule has 2 amide bonds. The molecular weight excluding hydrogens is 566 g/mol. The molecule has 1 atom stereocenters. The van der Waals surface area contributed by atoms with Crippen LogP contribution in [-0.4, -0.2) is 64.2 Å². The predicted molar refractivity (Wildman–Crippen MR) is 168 cm³/mol. The van der Waals surface area contributed by atoms with Crippen molar-refractivity contribution in [2.24, 2.45) is 0 Å². The van der Waals surface area contributed by atoms with Crippen molar-refractivity contribution in [3.63, 3.8) is 0 Å². The number of rotatable bonds is 13. The van der Waals surface area contributed by atoms with Crippen molar-refractivity contribution in [3.8, 4) is 11.5 Å². The average molecular weight is 608 g/mol. The van der Waals surface area contributed by atoms with E-state index in [-0.39, 0.29) is 36.4 Å². The van der Waals surface area contributed by atoms with E-state index in [4.69, 9.17) is 9.47 Å². The molecule has 0 heterocycles. The van der Waals surface area contributed by atoms with Crippen molar-refractivity contribution in [1.82, 2.24) is 10.2 Å². The largest absolute Gasteiger partial charge is 0.497 e. The number of ether oxygens (including phenoxy) is 2. The van der Waals surface area contributed by atoms with Crippen molar-refractivity contribution in [1.29, 1.82) is 0 Å². The van der Waals surface area contributed by atoms with Gasteiger partial charge in [-0.3, -0.25) is 13.9 Å². The smallest absolute Gasteiger partial charge is 0.244 e. The molecule has 0 aromatic heterocycles. The van der Waals surface area contributed by atoms with Crippen molar-refractivity contribution in [2.45, 2.75) is 57.2 Å². The summed E-state index contributed by atoms with van der Waals surface area (Å²) < 4.78 is 38.1. The van der Waals surface area contributed by atoms with Gasteiger partial charge in [0.05, 0.1) is 26.2 Å². The summed E-state index contributed by atoms with van der Waals surface area (Å²) in [5, 5.41) is 3.21. The fraction of sp³-hybridized carbons (Fsp3) is 0.394.